The van der Waals surface area contributed by atoms with Crippen molar-refractivity contribution in [2.75, 3.05) is 47.7 Å². The summed E-state index contributed by atoms with van der Waals surface area (Å²) in [5.74, 6) is 3.51. The molecule has 0 atom stereocenters. The number of carbonyl (C=O) groups excluding carboxylic acids is 1. The molecule has 0 spiro atoms. The molecular formula is C12H27NOS3. The molecule has 2 nitrogen and oxygen atoms in total. The van der Waals surface area contributed by atoms with Gasteiger partial charge in [0.05, 0.1) is 0 Å². The molecule has 0 aromatic carbocycles. The Morgan fingerprint density at radius 3 is 2.41 bits per heavy atom. The van der Waals surface area contributed by atoms with Crippen LogP contribution in [0.15, 0.2) is 0 Å². The van der Waals surface area contributed by atoms with Crippen LogP contribution in [-0.4, -0.2) is 53.6 Å². The van der Waals surface area contributed by atoms with Gasteiger partial charge in [0.2, 0.25) is 5.91 Å². The smallest absolute Gasteiger partial charge is 0.220 e. The molecule has 1 amide bonds. The van der Waals surface area contributed by atoms with Crippen LogP contribution in [0, 0.1) is 0 Å². The Labute approximate surface area is 117 Å². The van der Waals surface area contributed by atoms with Crippen molar-refractivity contribution < 1.29 is 4.79 Å². The van der Waals surface area contributed by atoms with Gasteiger partial charge in [0.15, 0.2) is 0 Å². The van der Waals surface area contributed by atoms with E-state index < -0.39 is 10.0 Å². The van der Waals surface area contributed by atoms with E-state index in [1.807, 2.05) is 23.5 Å². The largest absolute Gasteiger partial charge is 0.355 e. The second-order valence-corrected chi connectivity index (χ2v) is 12.0. The van der Waals surface area contributed by atoms with Crippen LogP contribution in [-0.2, 0) is 4.79 Å². The summed E-state index contributed by atoms with van der Waals surface area (Å²) in [6.45, 7) is 3.04. The molecule has 0 radical (unpaired) electrons. The van der Waals surface area contributed by atoms with Gasteiger partial charge in [-0.1, -0.05) is 6.92 Å². The van der Waals surface area contributed by atoms with Gasteiger partial charge in [-0.25, -0.2) is 10.0 Å². The lowest BCUT2D eigenvalue weighted by Gasteiger charge is -2.24. The van der Waals surface area contributed by atoms with E-state index in [2.05, 4.69) is 31.0 Å². The Balaban J connectivity index is 3.29. The molecule has 0 aliphatic carbocycles. The first-order chi connectivity index (χ1) is 7.95. The van der Waals surface area contributed by atoms with Gasteiger partial charge in [-0.05, 0) is 36.7 Å². The summed E-state index contributed by atoms with van der Waals surface area (Å²) in [5.41, 5.74) is 0. The van der Waals surface area contributed by atoms with Crippen molar-refractivity contribution in [1.82, 2.24) is 5.32 Å². The Morgan fingerprint density at radius 2 is 1.82 bits per heavy atom. The Hall–Kier alpha value is 0.520. The number of nitrogens with one attached hydrogen (secondary N) is 1. The normalized spacial score (nSPS) is 12.5. The first kappa shape index (κ1) is 17.5. The zero-order valence-corrected chi connectivity index (χ0v) is 14.0. The van der Waals surface area contributed by atoms with Crippen molar-refractivity contribution in [3.8, 4) is 0 Å². The quantitative estimate of drug-likeness (QED) is 0.496. The number of hydrogen-bond donors (Lipinski definition) is 1. The zero-order valence-electron chi connectivity index (χ0n) is 11.6. The van der Waals surface area contributed by atoms with Crippen molar-refractivity contribution in [3.63, 3.8) is 0 Å². The fourth-order valence-electron chi connectivity index (χ4n) is 1.07. The van der Waals surface area contributed by atoms with Gasteiger partial charge >= 0.3 is 0 Å². The van der Waals surface area contributed by atoms with Crippen molar-refractivity contribution in [2.45, 2.75) is 19.8 Å². The number of thioether (sulfide) groups is 2. The van der Waals surface area contributed by atoms with Crippen LogP contribution in [0.1, 0.15) is 19.8 Å². The molecule has 0 aromatic heterocycles. The van der Waals surface area contributed by atoms with Gasteiger partial charge in [-0.3, -0.25) is 4.79 Å². The van der Waals surface area contributed by atoms with Crippen LogP contribution in [0.2, 0.25) is 0 Å². The summed E-state index contributed by atoms with van der Waals surface area (Å²) < 4.78 is 0. The van der Waals surface area contributed by atoms with Crippen molar-refractivity contribution >= 4 is 39.5 Å². The maximum absolute atomic E-state index is 11.5. The molecule has 0 aliphatic heterocycles. The predicted octanol–water partition coefficient (Wildman–Crippen LogP) is 3.02. The van der Waals surface area contributed by atoms with E-state index in [0.29, 0.717) is 6.42 Å². The number of rotatable bonds is 10. The van der Waals surface area contributed by atoms with Crippen molar-refractivity contribution in [2.24, 2.45) is 0 Å². The number of hydrogen-bond acceptors (Lipinski definition) is 3. The Bertz CT molecular complexity index is 204. The molecule has 0 aromatic rings. The molecule has 0 saturated heterocycles. The van der Waals surface area contributed by atoms with E-state index in [0.717, 1.165) is 23.1 Å². The summed E-state index contributed by atoms with van der Waals surface area (Å²) >= 11 is 3.83. The average molecular weight is 298 g/mol. The number of amides is 1. The summed E-state index contributed by atoms with van der Waals surface area (Å²) in [7, 11) is -0.479. The Kier molecular flexibility index (Phi) is 10.8. The van der Waals surface area contributed by atoms with E-state index in [1.165, 1.54) is 12.2 Å². The SMILES string of the molecule is CCCSCSCCC(=O)NCCS(C)(C)C. The van der Waals surface area contributed by atoms with Crippen LogP contribution in [0.3, 0.4) is 0 Å². The Morgan fingerprint density at radius 1 is 1.18 bits per heavy atom. The third kappa shape index (κ3) is 14.5. The molecule has 1 N–H and O–H groups in total. The van der Waals surface area contributed by atoms with Crippen LogP contribution >= 0.6 is 33.6 Å². The topological polar surface area (TPSA) is 29.1 Å². The average Bonchev–Trinajstić information content (AvgIpc) is 2.21. The second-order valence-electron chi connectivity index (χ2n) is 4.83. The first-order valence-electron chi connectivity index (χ1n) is 6.04. The van der Waals surface area contributed by atoms with Gasteiger partial charge in [0, 0.05) is 23.8 Å². The minimum atomic E-state index is -0.479. The monoisotopic (exact) mass is 297 g/mol. The fraction of sp³-hybridized carbons (Fsp3) is 0.917. The lowest BCUT2D eigenvalue weighted by atomic mass is 10.4. The third-order valence-corrected chi connectivity index (χ3v) is 5.98. The van der Waals surface area contributed by atoms with E-state index in [-0.39, 0.29) is 5.91 Å². The zero-order chi connectivity index (χ0) is 13.1. The lowest BCUT2D eigenvalue weighted by Crippen LogP contribution is -2.27. The predicted molar refractivity (Wildman–Crippen MR) is 87.9 cm³/mol. The molecule has 0 bridgehead atoms. The lowest BCUT2D eigenvalue weighted by molar-refractivity contribution is -0.120. The molecule has 0 heterocycles. The van der Waals surface area contributed by atoms with Gasteiger partial charge in [0.1, 0.15) is 0 Å². The van der Waals surface area contributed by atoms with E-state index in [1.54, 1.807) is 0 Å². The highest BCUT2D eigenvalue weighted by molar-refractivity contribution is 8.32. The summed E-state index contributed by atoms with van der Waals surface area (Å²) in [4.78, 5) is 11.5. The summed E-state index contributed by atoms with van der Waals surface area (Å²) in [6, 6.07) is 0. The highest BCUT2D eigenvalue weighted by Gasteiger charge is 2.05. The van der Waals surface area contributed by atoms with Gasteiger partial charge in [-0.2, -0.15) is 23.5 Å². The molecule has 17 heavy (non-hydrogen) atoms. The fourth-order valence-corrected chi connectivity index (χ4v) is 3.82. The molecule has 0 unspecified atom stereocenters. The van der Waals surface area contributed by atoms with Gasteiger partial charge < -0.3 is 5.32 Å². The van der Waals surface area contributed by atoms with E-state index in [4.69, 9.17) is 0 Å². The number of carbonyl (C=O) groups is 1. The van der Waals surface area contributed by atoms with Crippen LogP contribution in [0.5, 0.6) is 0 Å². The molecule has 5 heteroatoms. The van der Waals surface area contributed by atoms with Crippen LogP contribution < -0.4 is 5.32 Å². The maximum Gasteiger partial charge on any atom is 0.220 e. The molecule has 0 rings (SSSR count). The summed E-state index contributed by atoms with van der Waals surface area (Å²) in [6.07, 6.45) is 8.73. The molecule has 0 saturated carbocycles. The molecule has 104 valence electrons. The highest BCUT2D eigenvalue weighted by Crippen LogP contribution is 2.33. The summed E-state index contributed by atoms with van der Waals surface area (Å²) in [5, 5.41) is 4.12. The molecular weight excluding hydrogens is 270 g/mol. The minimum absolute atomic E-state index is 0.210. The third-order valence-electron chi connectivity index (χ3n) is 2.03. The maximum atomic E-state index is 11.5. The standard InChI is InChI=1S/C12H27NOS3/c1-5-8-15-11-16-9-6-12(14)13-7-10-17(2,3)4/h5-11H2,1-4H3,(H,13,14). The molecule has 0 aliphatic rings. The van der Waals surface area contributed by atoms with Crippen LogP contribution in [0.4, 0.5) is 0 Å². The van der Waals surface area contributed by atoms with Gasteiger partial charge in [-0.15, -0.1) is 0 Å². The van der Waals surface area contributed by atoms with Crippen molar-refractivity contribution in [3.05, 3.63) is 0 Å². The van der Waals surface area contributed by atoms with Crippen molar-refractivity contribution in [1.29, 1.82) is 0 Å². The van der Waals surface area contributed by atoms with E-state index >= 15 is 0 Å². The van der Waals surface area contributed by atoms with Gasteiger partial charge in [0.25, 0.3) is 0 Å². The van der Waals surface area contributed by atoms with Crippen LogP contribution in [0.25, 0.3) is 0 Å². The second kappa shape index (κ2) is 10.4. The highest BCUT2D eigenvalue weighted by atomic mass is 32.3. The first-order valence-corrected chi connectivity index (χ1v) is 11.4. The van der Waals surface area contributed by atoms with E-state index in [9.17, 15) is 4.79 Å². The molecule has 0 fully saturated rings. The minimum Gasteiger partial charge on any atom is -0.355 e.